The molecule has 0 radical (unpaired) electrons. The van der Waals surface area contributed by atoms with Crippen LogP contribution in [0.3, 0.4) is 0 Å². The predicted octanol–water partition coefficient (Wildman–Crippen LogP) is 1.18. The van der Waals surface area contributed by atoms with Crippen molar-refractivity contribution in [3.05, 3.63) is 36.8 Å². The van der Waals surface area contributed by atoms with Crippen molar-refractivity contribution in [1.82, 2.24) is 24.9 Å². The van der Waals surface area contributed by atoms with E-state index in [4.69, 9.17) is 29.1 Å². The van der Waals surface area contributed by atoms with E-state index in [1.54, 1.807) is 23.0 Å². The number of anilines is 1. The molecule has 4 atom stereocenters. The van der Waals surface area contributed by atoms with Crippen molar-refractivity contribution in [3.63, 3.8) is 0 Å². The van der Waals surface area contributed by atoms with E-state index < -0.39 is 36.4 Å². The number of nitrogen functional groups attached to an aromatic ring is 1. The summed E-state index contributed by atoms with van der Waals surface area (Å²) in [7, 11) is 0. The normalized spacial score (nSPS) is 26.6. The van der Waals surface area contributed by atoms with E-state index in [-0.39, 0.29) is 12.4 Å². The number of rotatable bonds is 5. The number of nitrogens with two attached hydrogens (primary N) is 1. The molecular formula is C19H21N7O6. The van der Waals surface area contributed by atoms with E-state index in [2.05, 4.69) is 25.5 Å². The van der Waals surface area contributed by atoms with Crippen LogP contribution in [0.15, 0.2) is 40.6 Å². The second-order valence-electron chi connectivity index (χ2n) is 7.70. The van der Waals surface area contributed by atoms with Crippen molar-refractivity contribution in [3.8, 4) is 0 Å². The van der Waals surface area contributed by atoms with E-state index in [0.717, 1.165) is 0 Å². The Morgan fingerprint density at radius 2 is 2.19 bits per heavy atom. The lowest BCUT2D eigenvalue weighted by Crippen LogP contribution is -2.34. The number of nitrogens with zero attached hydrogens (tertiary/aromatic N) is 5. The molecule has 168 valence electrons. The number of hydrogen-bond acceptors (Lipinski definition) is 11. The molecule has 0 aromatic carbocycles. The maximum Gasteiger partial charge on any atom is 0.427 e. The van der Waals surface area contributed by atoms with Gasteiger partial charge in [0.05, 0.1) is 18.8 Å². The highest BCUT2D eigenvalue weighted by Gasteiger charge is 2.56. The molecule has 0 bridgehead atoms. The highest BCUT2D eigenvalue weighted by molar-refractivity contribution is 5.81. The van der Waals surface area contributed by atoms with Crippen LogP contribution < -0.4 is 11.2 Å². The van der Waals surface area contributed by atoms with Crippen molar-refractivity contribution in [2.75, 3.05) is 12.3 Å². The number of carbonyl (C=O) groups is 1. The number of carbonyl (C=O) groups excluding carboxylic acids is 1. The van der Waals surface area contributed by atoms with E-state index in [9.17, 15) is 4.79 Å². The van der Waals surface area contributed by atoms with Crippen LogP contribution in [0, 0.1) is 0 Å². The van der Waals surface area contributed by atoms with Crippen molar-refractivity contribution in [1.29, 1.82) is 0 Å². The molecule has 2 fully saturated rings. The Morgan fingerprint density at radius 1 is 1.34 bits per heavy atom. The number of amides is 1. The third kappa shape index (κ3) is 3.77. The Labute approximate surface area is 181 Å². The van der Waals surface area contributed by atoms with E-state index in [1.165, 1.54) is 18.8 Å². The molecule has 2 saturated heterocycles. The summed E-state index contributed by atoms with van der Waals surface area (Å²) in [5.74, 6) is -0.0833. The molecule has 3 aromatic rings. The van der Waals surface area contributed by atoms with Crippen LogP contribution in [0.2, 0.25) is 0 Å². The van der Waals surface area contributed by atoms with Crippen molar-refractivity contribution < 1.29 is 28.2 Å². The number of ether oxygens (including phenoxy) is 4. The van der Waals surface area contributed by atoms with Gasteiger partial charge in [-0.1, -0.05) is 0 Å². The van der Waals surface area contributed by atoms with Crippen LogP contribution in [-0.4, -0.2) is 62.5 Å². The number of nitrogens with one attached hydrogen (secondary N) is 1. The first-order valence-electron chi connectivity index (χ1n) is 9.85. The number of aromatic nitrogens is 4. The van der Waals surface area contributed by atoms with Crippen molar-refractivity contribution >= 4 is 29.3 Å². The number of hydrogen-bond donors (Lipinski definition) is 2. The molecule has 2 aliphatic rings. The lowest BCUT2D eigenvalue weighted by atomic mass is 10.1. The molecule has 3 aromatic heterocycles. The third-order valence-corrected chi connectivity index (χ3v) is 5.06. The molecule has 2 aliphatic heterocycles. The van der Waals surface area contributed by atoms with Gasteiger partial charge in [0, 0.05) is 0 Å². The van der Waals surface area contributed by atoms with Gasteiger partial charge >= 0.3 is 6.09 Å². The van der Waals surface area contributed by atoms with Gasteiger partial charge in [-0.05, 0) is 26.0 Å². The topological polar surface area (TPSA) is 161 Å². The summed E-state index contributed by atoms with van der Waals surface area (Å²) in [5.41, 5.74) is 9.12. The quantitative estimate of drug-likeness (QED) is 0.432. The molecule has 0 aliphatic carbocycles. The summed E-state index contributed by atoms with van der Waals surface area (Å²) in [6.07, 6.45) is 2.85. The van der Waals surface area contributed by atoms with Gasteiger partial charge in [-0.15, -0.1) is 0 Å². The Bertz CT molecular complexity index is 1140. The van der Waals surface area contributed by atoms with Gasteiger partial charge in [-0.3, -0.25) is 4.57 Å². The van der Waals surface area contributed by atoms with Gasteiger partial charge in [0.25, 0.3) is 0 Å². The van der Waals surface area contributed by atoms with Gasteiger partial charge in [0.15, 0.2) is 23.5 Å². The fourth-order valence-corrected chi connectivity index (χ4v) is 3.78. The van der Waals surface area contributed by atoms with Gasteiger partial charge < -0.3 is 29.1 Å². The minimum absolute atomic E-state index is 0.0804. The largest absolute Gasteiger partial charge is 0.463 e. The monoisotopic (exact) mass is 443 g/mol. The first-order valence-corrected chi connectivity index (χ1v) is 9.85. The number of hydrazone groups is 1. The molecule has 1 amide bonds. The zero-order valence-electron chi connectivity index (χ0n) is 17.2. The number of imidazole rings is 1. The summed E-state index contributed by atoms with van der Waals surface area (Å²) < 4.78 is 30.3. The van der Waals surface area contributed by atoms with Gasteiger partial charge in [-0.2, -0.15) is 5.10 Å². The fourth-order valence-electron chi connectivity index (χ4n) is 3.78. The molecule has 13 heteroatoms. The molecule has 5 heterocycles. The van der Waals surface area contributed by atoms with Crippen LogP contribution in [0.25, 0.3) is 11.2 Å². The Kier molecular flexibility index (Phi) is 5.00. The van der Waals surface area contributed by atoms with E-state index >= 15 is 0 Å². The first kappa shape index (κ1) is 20.4. The third-order valence-electron chi connectivity index (χ3n) is 5.06. The number of fused-ring (bicyclic) bond motifs is 2. The average Bonchev–Trinajstić information content (AvgIpc) is 3.51. The first-order chi connectivity index (χ1) is 15.4. The Hall–Kier alpha value is -3.55. The molecule has 32 heavy (non-hydrogen) atoms. The van der Waals surface area contributed by atoms with Crippen LogP contribution in [0.4, 0.5) is 10.6 Å². The van der Waals surface area contributed by atoms with Crippen LogP contribution in [-0.2, 0) is 18.9 Å². The maximum absolute atomic E-state index is 12.0. The second-order valence-corrected chi connectivity index (χ2v) is 7.70. The summed E-state index contributed by atoms with van der Waals surface area (Å²) in [5, 5.41) is 3.77. The van der Waals surface area contributed by atoms with Crippen LogP contribution in [0.5, 0.6) is 0 Å². The van der Waals surface area contributed by atoms with Crippen LogP contribution in [0.1, 0.15) is 25.8 Å². The predicted molar refractivity (Wildman–Crippen MR) is 108 cm³/mol. The smallest absolute Gasteiger partial charge is 0.427 e. The summed E-state index contributed by atoms with van der Waals surface area (Å²) >= 11 is 0. The minimum atomic E-state index is -0.838. The SMILES string of the molecule is CC1(C)O[C@@H]2[C@H](O1)[C@@H](COC(=O)N/N=C/c1ccco1)O[C@H]2n1cnc2c(N)ncnc21. The number of furan rings is 1. The zero-order valence-corrected chi connectivity index (χ0v) is 17.2. The minimum Gasteiger partial charge on any atom is -0.463 e. The molecular weight excluding hydrogens is 422 g/mol. The molecule has 0 spiro atoms. The Morgan fingerprint density at radius 3 is 3.00 bits per heavy atom. The average molecular weight is 443 g/mol. The molecule has 3 N–H and O–H groups in total. The second kappa shape index (κ2) is 7.85. The lowest BCUT2D eigenvalue weighted by Gasteiger charge is -2.24. The zero-order chi connectivity index (χ0) is 22.3. The van der Waals surface area contributed by atoms with Gasteiger partial charge in [0.1, 0.15) is 42.5 Å². The maximum atomic E-state index is 12.0. The Balaban J connectivity index is 1.29. The standard InChI is InChI=1S/C19H21N7O6/c1-19(2)31-13-11(7-29-18(27)25-24-6-10-4-3-5-28-10)30-17(14(13)32-19)26-9-23-12-15(20)21-8-22-16(12)26/h3-6,8-9,11,13-14,17H,7H2,1-2H3,(H,25,27)(H2,20,21,22)/b24-6+/t11-,13-,14-,17-/m1/s1. The van der Waals surface area contributed by atoms with Gasteiger partial charge in [0.2, 0.25) is 0 Å². The summed E-state index contributed by atoms with van der Waals surface area (Å²) in [4.78, 5) is 24.5. The van der Waals surface area contributed by atoms with Crippen molar-refractivity contribution in [2.45, 2.75) is 44.2 Å². The lowest BCUT2D eigenvalue weighted by molar-refractivity contribution is -0.199. The molecule has 5 rings (SSSR count). The van der Waals surface area contributed by atoms with Crippen molar-refractivity contribution in [2.24, 2.45) is 5.10 Å². The highest BCUT2D eigenvalue weighted by atomic mass is 16.8. The van der Waals surface area contributed by atoms with E-state index in [1.807, 2.05) is 13.8 Å². The molecule has 0 saturated carbocycles. The fraction of sp³-hybridized carbons (Fsp3) is 0.421. The summed E-state index contributed by atoms with van der Waals surface area (Å²) in [6.45, 7) is 3.54. The summed E-state index contributed by atoms with van der Waals surface area (Å²) in [6, 6.07) is 3.40. The van der Waals surface area contributed by atoms with Gasteiger partial charge in [-0.25, -0.2) is 25.2 Å². The van der Waals surface area contributed by atoms with Crippen LogP contribution >= 0.6 is 0 Å². The van der Waals surface area contributed by atoms with E-state index in [0.29, 0.717) is 16.9 Å². The molecule has 0 unspecified atom stereocenters. The highest BCUT2D eigenvalue weighted by Crippen LogP contribution is 2.43. The molecule has 13 nitrogen and oxygen atoms in total.